The first-order chi connectivity index (χ1) is 15.6. The summed E-state index contributed by atoms with van der Waals surface area (Å²) in [5.74, 6) is 0.130. The van der Waals surface area contributed by atoms with E-state index >= 15 is 0 Å². The quantitative estimate of drug-likeness (QED) is 0.611. The molecule has 2 aromatic rings. The van der Waals surface area contributed by atoms with Crippen LogP contribution >= 0.6 is 11.8 Å². The van der Waals surface area contributed by atoms with E-state index in [4.69, 9.17) is 4.74 Å². The van der Waals surface area contributed by atoms with Gasteiger partial charge in [-0.2, -0.15) is 0 Å². The minimum atomic E-state index is -0.181. The van der Waals surface area contributed by atoms with Crippen molar-refractivity contribution >= 4 is 17.9 Å². The number of carbonyl (C=O) groups is 1. The lowest BCUT2D eigenvalue weighted by molar-refractivity contribution is 0.0892. The second-order valence-corrected chi connectivity index (χ2v) is 9.71. The highest BCUT2D eigenvalue weighted by Crippen LogP contribution is 2.47. The number of halogens is 1. The Kier molecular flexibility index (Phi) is 6.40. The number of rotatable bonds is 6. The van der Waals surface area contributed by atoms with Crippen LogP contribution in [-0.4, -0.2) is 79.5 Å². The average molecular weight is 456 g/mol. The fourth-order valence-corrected chi connectivity index (χ4v) is 5.76. The number of fused-ring (bicyclic) bond motifs is 1. The van der Waals surface area contributed by atoms with Crippen LogP contribution in [0.1, 0.15) is 35.1 Å². The zero-order valence-corrected chi connectivity index (χ0v) is 19.3. The molecule has 2 aromatic carbocycles. The van der Waals surface area contributed by atoms with Crippen molar-refractivity contribution in [2.45, 2.75) is 23.3 Å². The molecule has 0 aromatic heterocycles. The van der Waals surface area contributed by atoms with E-state index in [1.165, 1.54) is 21.6 Å². The topological polar surface area (TPSA) is 36.0 Å². The number of cyclic esters (lactones) is 1. The van der Waals surface area contributed by atoms with Crippen molar-refractivity contribution in [2.75, 3.05) is 58.7 Å². The third-order valence-electron chi connectivity index (χ3n) is 7.14. The number of carbonyl (C=O) groups excluding carboxylic acids is 1. The minimum Gasteiger partial charge on any atom is -0.448 e. The van der Waals surface area contributed by atoms with E-state index < -0.39 is 0 Å². The smallest absolute Gasteiger partial charge is 0.409 e. The molecule has 2 atom stereocenters. The van der Waals surface area contributed by atoms with Crippen LogP contribution in [0.4, 0.5) is 9.18 Å². The molecule has 32 heavy (non-hydrogen) atoms. The number of ether oxygens (including phenoxy) is 1. The molecular formula is C25H30FN3O2S. The maximum atomic E-state index is 13.5. The van der Waals surface area contributed by atoms with Crippen molar-refractivity contribution in [3.8, 4) is 0 Å². The third-order valence-corrected chi connectivity index (χ3v) is 7.86. The maximum Gasteiger partial charge on any atom is 0.409 e. The van der Waals surface area contributed by atoms with Gasteiger partial charge in [-0.25, -0.2) is 9.18 Å². The Morgan fingerprint density at radius 3 is 2.47 bits per heavy atom. The summed E-state index contributed by atoms with van der Waals surface area (Å²) in [6, 6.07) is 14.3. The van der Waals surface area contributed by atoms with E-state index in [0.29, 0.717) is 25.1 Å². The van der Waals surface area contributed by atoms with Crippen molar-refractivity contribution in [3.05, 3.63) is 65.0 Å². The van der Waals surface area contributed by atoms with Gasteiger partial charge in [0.25, 0.3) is 0 Å². The number of piperazine rings is 1. The highest BCUT2D eigenvalue weighted by atomic mass is 32.2. The Morgan fingerprint density at radius 1 is 1.00 bits per heavy atom. The summed E-state index contributed by atoms with van der Waals surface area (Å²) in [4.78, 5) is 19.8. The van der Waals surface area contributed by atoms with Crippen molar-refractivity contribution in [1.82, 2.24) is 14.7 Å². The third kappa shape index (κ3) is 4.38. The van der Waals surface area contributed by atoms with E-state index in [2.05, 4.69) is 34.3 Å². The van der Waals surface area contributed by atoms with E-state index in [1.807, 2.05) is 12.1 Å². The molecule has 0 radical (unpaired) electrons. The number of hydrogen-bond donors (Lipinski definition) is 0. The van der Waals surface area contributed by atoms with Crippen LogP contribution in [0.25, 0.3) is 0 Å². The molecular weight excluding hydrogens is 425 g/mol. The highest BCUT2D eigenvalue weighted by molar-refractivity contribution is 7.98. The van der Waals surface area contributed by atoms with E-state index in [-0.39, 0.29) is 11.9 Å². The molecule has 3 aliphatic rings. The SMILES string of the molecule is CSc1ccc2c(c1)[C@@H](N1CCN(CCN3CCOC3=O)CC1)C[C@@H]2c1ccc(F)cc1. The standard InChI is InChI=1S/C25H30FN3O2S/c1-32-20-6-7-21-22(18-2-4-19(26)5-3-18)17-24(23(21)16-20)28-11-8-27(9-12-28)10-13-29-14-15-31-25(29)30/h2-7,16,22,24H,8-15,17H2,1H3/t22-,24+/m1/s1. The average Bonchev–Trinajstić information content (AvgIpc) is 3.41. The van der Waals surface area contributed by atoms with Crippen LogP contribution in [0.2, 0.25) is 0 Å². The lowest BCUT2D eigenvalue weighted by atomic mass is 9.93. The van der Waals surface area contributed by atoms with Gasteiger partial charge in [-0.3, -0.25) is 9.80 Å². The first-order valence-corrected chi connectivity index (χ1v) is 12.7. The Labute approximate surface area is 193 Å². The lowest BCUT2D eigenvalue weighted by Crippen LogP contribution is -2.49. The fourth-order valence-electron chi connectivity index (χ4n) is 5.31. The van der Waals surface area contributed by atoms with Crippen molar-refractivity contribution < 1.29 is 13.9 Å². The van der Waals surface area contributed by atoms with Gasteiger partial charge < -0.3 is 9.64 Å². The molecule has 1 aliphatic carbocycles. The van der Waals surface area contributed by atoms with Crippen molar-refractivity contribution in [2.24, 2.45) is 0 Å². The summed E-state index contributed by atoms with van der Waals surface area (Å²) in [5.41, 5.74) is 4.01. The molecule has 2 heterocycles. The summed E-state index contributed by atoms with van der Waals surface area (Å²) < 4.78 is 18.5. The zero-order valence-electron chi connectivity index (χ0n) is 18.5. The first kappa shape index (κ1) is 21.7. The van der Waals surface area contributed by atoms with Gasteiger partial charge in [-0.1, -0.05) is 18.2 Å². The number of nitrogens with zero attached hydrogens (tertiary/aromatic N) is 3. The summed E-state index contributed by atoms with van der Waals surface area (Å²) in [6.45, 7) is 6.94. The fraction of sp³-hybridized carbons (Fsp3) is 0.480. The highest BCUT2D eigenvalue weighted by Gasteiger charge is 2.36. The first-order valence-electron chi connectivity index (χ1n) is 11.4. The zero-order chi connectivity index (χ0) is 22.1. The van der Waals surface area contributed by atoms with E-state index in [1.54, 1.807) is 28.8 Å². The van der Waals surface area contributed by atoms with Gasteiger partial charge in [0.15, 0.2) is 0 Å². The van der Waals surface area contributed by atoms with Crippen LogP contribution < -0.4 is 0 Å². The van der Waals surface area contributed by atoms with Crippen molar-refractivity contribution in [1.29, 1.82) is 0 Å². The number of amides is 1. The molecule has 2 saturated heterocycles. The maximum absolute atomic E-state index is 13.5. The molecule has 2 fully saturated rings. The summed E-state index contributed by atoms with van der Waals surface area (Å²) in [5, 5.41) is 0. The molecule has 170 valence electrons. The normalized spacial score (nSPS) is 24.1. The monoisotopic (exact) mass is 455 g/mol. The number of thioether (sulfide) groups is 1. The molecule has 7 heteroatoms. The van der Waals surface area contributed by atoms with Gasteiger partial charge in [0.1, 0.15) is 12.4 Å². The van der Waals surface area contributed by atoms with Crippen LogP contribution in [-0.2, 0) is 4.74 Å². The van der Waals surface area contributed by atoms with Gasteiger partial charge in [-0.05, 0) is 53.6 Å². The van der Waals surface area contributed by atoms with Crippen LogP contribution in [0.5, 0.6) is 0 Å². The molecule has 5 nitrogen and oxygen atoms in total. The summed E-state index contributed by atoms with van der Waals surface area (Å²) in [6.07, 6.45) is 2.99. The second kappa shape index (κ2) is 9.41. The molecule has 2 aliphatic heterocycles. The van der Waals surface area contributed by atoms with Gasteiger partial charge in [0.05, 0.1) is 6.54 Å². The van der Waals surface area contributed by atoms with Gasteiger partial charge in [0, 0.05) is 56.1 Å². The van der Waals surface area contributed by atoms with Crippen LogP contribution in [0.3, 0.4) is 0 Å². The second-order valence-electron chi connectivity index (χ2n) is 8.83. The molecule has 1 amide bonds. The van der Waals surface area contributed by atoms with E-state index in [0.717, 1.165) is 45.7 Å². The van der Waals surface area contributed by atoms with Gasteiger partial charge in [-0.15, -0.1) is 11.8 Å². The Hall–Kier alpha value is -2.09. The largest absolute Gasteiger partial charge is 0.448 e. The van der Waals surface area contributed by atoms with Crippen LogP contribution in [0, 0.1) is 5.82 Å². The lowest BCUT2D eigenvalue weighted by Gasteiger charge is -2.39. The molecule has 0 spiro atoms. The van der Waals surface area contributed by atoms with Crippen molar-refractivity contribution in [3.63, 3.8) is 0 Å². The molecule has 0 saturated carbocycles. The number of benzene rings is 2. The molecule has 5 rings (SSSR count). The molecule has 0 N–H and O–H groups in total. The van der Waals surface area contributed by atoms with Crippen LogP contribution in [0.15, 0.2) is 47.4 Å². The van der Waals surface area contributed by atoms with E-state index in [9.17, 15) is 9.18 Å². The van der Waals surface area contributed by atoms with Gasteiger partial charge in [0.2, 0.25) is 0 Å². The molecule has 0 unspecified atom stereocenters. The Bertz CT molecular complexity index is 962. The summed E-state index contributed by atoms with van der Waals surface area (Å²) >= 11 is 1.78. The number of hydrogen-bond acceptors (Lipinski definition) is 5. The van der Waals surface area contributed by atoms with Gasteiger partial charge >= 0.3 is 6.09 Å². The summed E-state index contributed by atoms with van der Waals surface area (Å²) in [7, 11) is 0. The predicted molar refractivity (Wildman–Crippen MR) is 125 cm³/mol. The minimum absolute atomic E-state index is 0.178. The Morgan fingerprint density at radius 2 is 1.78 bits per heavy atom. The Balaban J connectivity index is 1.27. The predicted octanol–water partition coefficient (Wildman–Crippen LogP) is 4.19. The molecule has 0 bridgehead atoms.